The predicted molar refractivity (Wildman–Crippen MR) is 53.0 cm³/mol. The number of rotatable bonds is 3. The molecule has 0 aromatic carbocycles. The van der Waals surface area contributed by atoms with Crippen LogP contribution in [0.3, 0.4) is 0 Å². The average Bonchev–Trinajstić information content (AvgIpc) is 2.74. The molecule has 4 nitrogen and oxygen atoms in total. The number of hydrogen-bond acceptors (Lipinski definition) is 4. The van der Waals surface area contributed by atoms with Crippen molar-refractivity contribution in [3.63, 3.8) is 0 Å². The summed E-state index contributed by atoms with van der Waals surface area (Å²) in [5, 5.41) is 9.39. The maximum absolute atomic E-state index is 11.1. The van der Waals surface area contributed by atoms with Crippen LogP contribution in [0.2, 0.25) is 0 Å². The van der Waals surface area contributed by atoms with Crippen molar-refractivity contribution in [1.29, 1.82) is 0 Å². The molecule has 0 amide bonds. The highest BCUT2D eigenvalue weighted by Gasteiger charge is 2.12. The minimum absolute atomic E-state index is 0.323. The van der Waals surface area contributed by atoms with Gasteiger partial charge in [0.15, 0.2) is 12.1 Å². The highest BCUT2D eigenvalue weighted by Crippen LogP contribution is 2.27. The summed E-state index contributed by atoms with van der Waals surface area (Å²) in [5.74, 6) is -0.323. The Labute approximate surface area is 83.2 Å². The highest BCUT2D eigenvalue weighted by atomic mass is 32.1. The molecule has 2 heterocycles. The zero-order valence-corrected chi connectivity index (χ0v) is 7.93. The minimum atomic E-state index is -0.500. The molecule has 2 aromatic heterocycles. The van der Waals surface area contributed by atoms with Crippen LogP contribution in [0.5, 0.6) is 0 Å². The Kier molecular flexibility index (Phi) is 2.18. The van der Waals surface area contributed by atoms with Crippen LogP contribution in [-0.4, -0.2) is 28.8 Å². The lowest BCUT2D eigenvalue weighted by atomic mass is 10.2. The molecule has 0 aliphatic heterocycles. The van der Waals surface area contributed by atoms with E-state index in [0.29, 0.717) is 10.4 Å². The van der Waals surface area contributed by atoms with E-state index >= 15 is 0 Å². The summed E-state index contributed by atoms with van der Waals surface area (Å²) in [6.45, 7) is -0.500. The number of aliphatic hydroxyl groups is 1. The van der Waals surface area contributed by atoms with Gasteiger partial charge in [-0.2, -0.15) is 0 Å². The number of ketones is 1. The molecule has 2 N–H and O–H groups in total. The summed E-state index contributed by atoms with van der Waals surface area (Å²) in [6, 6.07) is 1.62. The molecule has 2 aromatic rings. The quantitative estimate of drug-likeness (QED) is 0.589. The second-order valence-electron chi connectivity index (χ2n) is 2.80. The summed E-state index contributed by atoms with van der Waals surface area (Å²) in [5.41, 5.74) is 0.535. The van der Waals surface area contributed by atoms with Crippen LogP contribution < -0.4 is 0 Å². The van der Waals surface area contributed by atoms with Crippen LogP contribution in [0.25, 0.3) is 10.2 Å². The van der Waals surface area contributed by atoms with Crippen LogP contribution in [0.4, 0.5) is 0 Å². The zero-order valence-electron chi connectivity index (χ0n) is 7.11. The van der Waals surface area contributed by atoms with E-state index in [0.717, 1.165) is 16.5 Å². The highest BCUT2D eigenvalue weighted by molar-refractivity contribution is 7.20. The Hall–Kier alpha value is -1.46. The number of carbonyl (C=O) groups excluding carboxylic acids is 2. The number of Topliss-reactive ketones (excluding diaryl/α,β-unsaturated/α-hetero) is 1. The number of thiophene rings is 1. The number of aromatic amines is 1. The van der Waals surface area contributed by atoms with Crippen LogP contribution in [0.1, 0.15) is 20.0 Å². The lowest BCUT2D eigenvalue weighted by Crippen LogP contribution is -2.00. The van der Waals surface area contributed by atoms with Crippen LogP contribution >= 0.6 is 11.3 Å². The van der Waals surface area contributed by atoms with Crippen molar-refractivity contribution in [2.75, 3.05) is 6.61 Å². The van der Waals surface area contributed by atoms with Crippen LogP contribution in [-0.2, 0) is 0 Å². The monoisotopic (exact) mass is 209 g/mol. The SMILES string of the molecule is O=Cc1c[nH]c2sc(C(=O)CO)cc12. The number of aromatic nitrogens is 1. The second-order valence-corrected chi connectivity index (χ2v) is 3.85. The van der Waals surface area contributed by atoms with E-state index < -0.39 is 6.61 Å². The lowest BCUT2D eigenvalue weighted by Gasteiger charge is -1.87. The molecular formula is C9H7NO3S. The van der Waals surface area contributed by atoms with Gasteiger partial charge in [-0.05, 0) is 6.07 Å². The Morgan fingerprint density at radius 2 is 2.43 bits per heavy atom. The van der Waals surface area contributed by atoms with E-state index in [-0.39, 0.29) is 5.78 Å². The largest absolute Gasteiger partial charge is 0.388 e. The summed E-state index contributed by atoms with van der Waals surface area (Å²) in [7, 11) is 0. The molecule has 0 bridgehead atoms. The Bertz CT molecular complexity index is 497. The van der Waals surface area contributed by atoms with Gasteiger partial charge in [0, 0.05) is 17.1 Å². The summed E-state index contributed by atoms with van der Waals surface area (Å²) < 4.78 is 0. The third kappa shape index (κ3) is 1.26. The molecule has 0 saturated heterocycles. The normalized spacial score (nSPS) is 10.6. The second kappa shape index (κ2) is 3.36. The summed E-state index contributed by atoms with van der Waals surface area (Å²) >= 11 is 1.24. The third-order valence-electron chi connectivity index (χ3n) is 1.95. The number of hydrogen-bond donors (Lipinski definition) is 2. The van der Waals surface area contributed by atoms with E-state index in [9.17, 15) is 9.59 Å². The molecule has 0 unspecified atom stereocenters. The smallest absolute Gasteiger partial charge is 0.198 e. The third-order valence-corrected chi connectivity index (χ3v) is 3.05. The first-order valence-corrected chi connectivity index (χ1v) is 4.78. The van der Waals surface area contributed by atoms with Gasteiger partial charge in [0.2, 0.25) is 0 Å². The molecule has 2 rings (SSSR count). The van der Waals surface area contributed by atoms with E-state index in [1.807, 2.05) is 0 Å². The topological polar surface area (TPSA) is 70.2 Å². The van der Waals surface area contributed by atoms with Crippen molar-refractivity contribution < 1.29 is 14.7 Å². The van der Waals surface area contributed by atoms with Gasteiger partial charge in [0.05, 0.1) is 4.88 Å². The molecule has 0 atom stereocenters. The summed E-state index contributed by atoms with van der Waals surface area (Å²) in [4.78, 5) is 25.9. The van der Waals surface area contributed by atoms with Gasteiger partial charge in [0.1, 0.15) is 11.4 Å². The zero-order chi connectivity index (χ0) is 10.1. The summed E-state index contributed by atoms with van der Waals surface area (Å²) in [6.07, 6.45) is 2.33. The number of nitrogens with one attached hydrogen (secondary N) is 1. The van der Waals surface area contributed by atoms with E-state index in [1.165, 1.54) is 11.3 Å². The molecule has 0 fully saturated rings. The molecule has 0 aliphatic rings. The van der Waals surface area contributed by atoms with Crippen molar-refractivity contribution >= 4 is 33.6 Å². The first-order valence-electron chi connectivity index (χ1n) is 3.96. The van der Waals surface area contributed by atoms with E-state index in [4.69, 9.17) is 5.11 Å². The van der Waals surface area contributed by atoms with Crippen LogP contribution in [0.15, 0.2) is 12.3 Å². The predicted octanol–water partition coefficient (Wildman–Crippen LogP) is 1.22. The number of aliphatic hydroxyl groups excluding tert-OH is 1. The van der Waals surface area contributed by atoms with Gasteiger partial charge in [-0.15, -0.1) is 11.3 Å². The molecule has 0 radical (unpaired) electrons. The van der Waals surface area contributed by atoms with Gasteiger partial charge in [-0.3, -0.25) is 9.59 Å². The van der Waals surface area contributed by atoms with E-state index in [2.05, 4.69) is 4.98 Å². The first-order chi connectivity index (χ1) is 6.76. The number of carbonyl (C=O) groups is 2. The Morgan fingerprint density at radius 3 is 3.07 bits per heavy atom. The molecule has 5 heteroatoms. The van der Waals surface area contributed by atoms with Crippen molar-refractivity contribution in [2.45, 2.75) is 0 Å². The lowest BCUT2D eigenvalue weighted by molar-refractivity contribution is 0.0907. The average molecular weight is 209 g/mol. The fraction of sp³-hybridized carbons (Fsp3) is 0.111. The molecule has 0 aliphatic carbocycles. The molecule has 14 heavy (non-hydrogen) atoms. The van der Waals surface area contributed by atoms with Crippen molar-refractivity contribution in [2.24, 2.45) is 0 Å². The molecule has 72 valence electrons. The first kappa shape index (κ1) is 9.11. The number of H-pyrrole nitrogens is 1. The van der Waals surface area contributed by atoms with Crippen molar-refractivity contribution in [3.05, 3.63) is 22.7 Å². The molecule has 0 saturated carbocycles. The minimum Gasteiger partial charge on any atom is -0.388 e. The number of aldehydes is 1. The van der Waals surface area contributed by atoms with Crippen molar-refractivity contribution in [3.8, 4) is 0 Å². The fourth-order valence-corrected chi connectivity index (χ4v) is 2.23. The molecule has 0 spiro atoms. The fourth-order valence-electron chi connectivity index (χ4n) is 1.25. The van der Waals surface area contributed by atoms with Crippen molar-refractivity contribution in [1.82, 2.24) is 4.98 Å². The maximum Gasteiger partial charge on any atom is 0.198 e. The van der Waals surface area contributed by atoms with Gasteiger partial charge in [0.25, 0.3) is 0 Å². The van der Waals surface area contributed by atoms with Crippen LogP contribution in [0, 0.1) is 0 Å². The standard InChI is InChI=1S/C9H7NO3S/c11-3-5-2-10-9-6(5)1-8(14-9)7(13)4-12/h1-3,10,12H,4H2. The van der Waals surface area contributed by atoms with E-state index in [1.54, 1.807) is 12.3 Å². The Morgan fingerprint density at radius 1 is 1.64 bits per heavy atom. The van der Waals surface area contributed by atoms with Gasteiger partial charge in [-0.1, -0.05) is 0 Å². The van der Waals surface area contributed by atoms with Gasteiger partial charge in [-0.25, -0.2) is 0 Å². The van der Waals surface area contributed by atoms with Gasteiger partial charge < -0.3 is 10.1 Å². The molecular weight excluding hydrogens is 202 g/mol. The van der Waals surface area contributed by atoms with Gasteiger partial charge >= 0.3 is 0 Å². The maximum atomic E-state index is 11.1. The Balaban J connectivity index is 2.57. The number of fused-ring (bicyclic) bond motifs is 1.